The molecule has 1 fully saturated rings. The Morgan fingerprint density at radius 1 is 0.935 bits per heavy atom. The summed E-state index contributed by atoms with van der Waals surface area (Å²) >= 11 is 1.72. The molecule has 1 N–H and O–H groups in total. The maximum Gasteiger partial charge on any atom is 0.258 e. The van der Waals surface area contributed by atoms with E-state index in [4.69, 9.17) is 4.74 Å². The van der Waals surface area contributed by atoms with E-state index in [-0.39, 0.29) is 11.8 Å². The molecule has 0 atom stereocenters. The molecule has 0 aliphatic carbocycles. The van der Waals surface area contributed by atoms with Gasteiger partial charge in [-0.05, 0) is 113 Å². The van der Waals surface area contributed by atoms with Crippen LogP contribution >= 0.6 is 11.3 Å². The summed E-state index contributed by atoms with van der Waals surface area (Å²) in [6, 6.07) is 25.7. The van der Waals surface area contributed by atoms with Crippen LogP contribution in [0.4, 0.5) is 11.4 Å². The topological polar surface area (TPSA) is 65.1 Å². The molecule has 2 aliphatic heterocycles. The van der Waals surface area contributed by atoms with Gasteiger partial charge in [-0.1, -0.05) is 48.5 Å². The number of rotatable bonds is 10. The highest BCUT2D eigenvalue weighted by molar-refractivity contribution is 7.10. The number of anilines is 2. The van der Waals surface area contributed by atoms with Crippen molar-refractivity contribution < 1.29 is 14.3 Å². The summed E-state index contributed by atoms with van der Waals surface area (Å²) in [6.07, 6.45) is 6.28. The van der Waals surface area contributed by atoms with Crippen molar-refractivity contribution in [3.8, 4) is 16.9 Å². The van der Waals surface area contributed by atoms with Gasteiger partial charge in [-0.15, -0.1) is 11.3 Å². The summed E-state index contributed by atoms with van der Waals surface area (Å²) in [5, 5.41) is 5.18. The zero-order valence-electron chi connectivity index (χ0n) is 26.9. The smallest absolute Gasteiger partial charge is 0.258 e. The van der Waals surface area contributed by atoms with Crippen LogP contribution in [-0.2, 0) is 6.42 Å². The molecule has 0 unspecified atom stereocenters. The molecular formula is C38H44N4O3S. The number of nitrogens with zero attached hydrogens (tertiary/aromatic N) is 3. The number of amides is 2. The highest BCUT2D eigenvalue weighted by Crippen LogP contribution is 2.34. The van der Waals surface area contributed by atoms with Gasteiger partial charge in [0.1, 0.15) is 5.75 Å². The van der Waals surface area contributed by atoms with Crippen molar-refractivity contribution in [2.24, 2.45) is 0 Å². The fraction of sp³-hybridized carbons (Fsp3) is 0.368. The predicted octanol–water partition coefficient (Wildman–Crippen LogP) is 7.45. The number of nitrogens with one attached hydrogen (secondary N) is 1. The third kappa shape index (κ3) is 7.52. The first-order valence-electron chi connectivity index (χ1n) is 16.5. The van der Waals surface area contributed by atoms with Gasteiger partial charge in [0.25, 0.3) is 11.8 Å². The normalized spacial score (nSPS) is 15.8. The fourth-order valence-corrected chi connectivity index (χ4v) is 7.47. The molecule has 1 saturated heterocycles. The zero-order chi connectivity index (χ0) is 31.9. The molecule has 4 aromatic rings. The van der Waals surface area contributed by atoms with Crippen molar-refractivity contribution in [2.75, 3.05) is 57.1 Å². The monoisotopic (exact) mass is 636 g/mol. The van der Waals surface area contributed by atoms with Crippen LogP contribution in [0.1, 0.15) is 57.7 Å². The number of aryl methyl sites for hydroxylation is 1. The average molecular weight is 637 g/mol. The Bertz CT molecular complexity index is 1630. The van der Waals surface area contributed by atoms with Crippen LogP contribution in [0.25, 0.3) is 11.1 Å². The number of likely N-dealkylation sites (tertiary alicyclic amines) is 1. The Morgan fingerprint density at radius 3 is 2.52 bits per heavy atom. The van der Waals surface area contributed by atoms with E-state index >= 15 is 0 Å². The molecule has 8 heteroatoms. The van der Waals surface area contributed by atoms with Crippen LogP contribution < -0.4 is 15.0 Å². The molecule has 0 radical (unpaired) electrons. The first-order chi connectivity index (χ1) is 22.5. The van der Waals surface area contributed by atoms with Crippen LogP contribution in [0.2, 0.25) is 0 Å². The summed E-state index contributed by atoms with van der Waals surface area (Å²) in [4.78, 5) is 35.6. The van der Waals surface area contributed by atoms with Gasteiger partial charge in [-0.2, -0.15) is 0 Å². The second-order valence-corrected chi connectivity index (χ2v) is 13.5. The van der Waals surface area contributed by atoms with Crippen LogP contribution in [0, 0.1) is 0 Å². The minimum Gasteiger partial charge on any atom is -0.491 e. The van der Waals surface area contributed by atoms with Crippen molar-refractivity contribution in [2.45, 2.75) is 44.6 Å². The van der Waals surface area contributed by atoms with Crippen molar-refractivity contribution in [3.63, 3.8) is 0 Å². The van der Waals surface area contributed by atoms with Gasteiger partial charge in [-0.25, -0.2) is 0 Å². The van der Waals surface area contributed by atoms with Crippen LogP contribution in [-0.4, -0.2) is 74.5 Å². The van der Waals surface area contributed by atoms with Gasteiger partial charge >= 0.3 is 0 Å². The molecule has 240 valence electrons. The summed E-state index contributed by atoms with van der Waals surface area (Å²) in [5.41, 5.74) is 4.55. The largest absolute Gasteiger partial charge is 0.491 e. The molecule has 0 spiro atoms. The van der Waals surface area contributed by atoms with Crippen LogP contribution in [0.3, 0.4) is 0 Å². The van der Waals surface area contributed by atoms with Gasteiger partial charge in [0, 0.05) is 35.1 Å². The summed E-state index contributed by atoms with van der Waals surface area (Å²) < 4.78 is 6.38. The SMILES string of the molecule is CN(C)C1CCN(CCCOc2cc(C(=O)N3CCCCc4sccc43)ccc2NC(=O)c2ccccc2-c2ccccc2)CC1. The predicted molar refractivity (Wildman–Crippen MR) is 188 cm³/mol. The second kappa shape index (κ2) is 15.1. The van der Waals surface area contributed by atoms with E-state index < -0.39 is 0 Å². The Hall–Kier alpha value is -3.98. The molecule has 3 aromatic carbocycles. The molecule has 2 amide bonds. The number of fused-ring (bicyclic) bond motifs is 1. The molecule has 6 rings (SSSR count). The first kappa shape index (κ1) is 32.0. The minimum absolute atomic E-state index is 0.0394. The van der Waals surface area contributed by atoms with Crippen molar-refractivity contribution in [1.82, 2.24) is 9.80 Å². The molecule has 0 bridgehead atoms. The summed E-state index contributed by atoms with van der Waals surface area (Å²) in [6.45, 7) is 4.33. The lowest BCUT2D eigenvalue weighted by atomic mass is 9.99. The number of piperidine rings is 1. The number of thiophene rings is 1. The molecule has 3 heterocycles. The number of carbonyl (C=O) groups excluding carboxylic acids is 2. The zero-order valence-corrected chi connectivity index (χ0v) is 27.7. The van der Waals surface area contributed by atoms with Crippen molar-refractivity contribution >= 4 is 34.5 Å². The van der Waals surface area contributed by atoms with E-state index in [2.05, 4.69) is 40.7 Å². The van der Waals surface area contributed by atoms with E-state index in [1.165, 1.54) is 17.7 Å². The van der Waals surface area contributed by atoms with Crippen molar-refractivity contribution in [1.29, 1.82) is 0 Å². The summed E-state index contributed by atoms with van der Waals surface area (Å²) in [5.74, 6) is 0.258. The number of hydrogen-bond acceptors (Lipinski definition) is 6. The second-order valence-electron chi connectivity index (χ2n) is 12.5. The Kier molecular flexibility index (Phi) is 10.5. The molecule has 46 heavy (non-hydrogen) atoms. The number of hydrogen-bond donors (Lipinski definition) is 1. The van der Waals surface area contributed by atoms with E-state index in [9.17, 15) is 9.59 Å². The lowest BCUT2D eigenvalue weighted by molar-refractivity contribution is 0.0985. The highest BCUT2D eigenvalue weighted by Gasteiger charge is 2.25. The lowest BCUT2D eigenvalue weighted by Gasteiger charge is -2.35. The van der Waals surface area contributed by atoms with Gasteiger partial charge in [-0.3, -0.25) is 9.59 Å². The van der Waals surface area contributed by atoms with Gasteiger partial charge in [0.05, 0.1) is 18.0 Å². The molecular weight excluding hydrogens is 593 g/mol. The Balaban J connectivity index is 1.21. The van der Waals surface area contributed by atoms with Crippen LogP contribution in [0.5, 0.6) is 5.75 Å². The number of carbonyl (C=O) groups is 2. The van der Waals surface area contributed by atoms with Gasteiger partial charge < -0.3 is 24.8 Å². The molecule has 1 aromatic heterocycles. The minimum atomic E-state index is -0.220. The molecule has 7 nitrogen and oxygen atoms in total. The fourth-order valence-electron chi connectivity index (χ4n) is 6.55. The third-order valence-electron chi connectivity index (χ3n) is 9.19. The van der Waals surface area contributed by atoms with E-state index in [0.29, 0.717) is 41.8 Å². The summed E-state index contributed by atoms with van der Waals surface area (Å²) in [7, 11) is 4.32. The molecule has 2 aliphatic rings. The first-order valence-corrected chi connectivity index (χ1v) is 17.4. The van der Waals surface area contributed by atoms with E-state index in [1.807, 2.05) is 65.6 Å². The van der Waals surface area contributed by atoms with E-state index in [1.54, 1.807) is 23.5 Å². The van der Waals surface area contributed by atoms with E-state index in [0.717, 1.165) is 62.1 Å². The quantitative estimate of drug-likeness (QED) is 0.183. The van der Waals surface area contributed by atoms with Crippen molar-refractivity contribution in [3.05, 3.63) is 100 Å². The maximum absolute atomic E-state index is 13.9. The highest BCUT2D eigenvalue weighted by atomic mass is 32.1. The standard InChI is InChI=1S/C38H44N4O3S/c1-40(2)30-18-23-41(24-19-30)21-10-25-45-35-27-29(38(44)42-22-9-8-15-36-34(42)20-26-46-36)16-17-33(35)39-37(43)32-14-7-6-13-31(32)28-11-4-3-5-12-28/h3-7,11-14,16-17,20,26-27,30H,8-10,15,18-19,21-25H2,1-2H3,(H,39,43). The maximum atomic E-state index is 13.9. The Morgan fingerprint density at radius 2 is 1.72 bits per heavy atom. The number of benzene rings is 3. The lowest BCUT2D eigenvalue weighted by Crippen LogP contribution is -2.42. The molecule has 0 saturated carbocycles. The van der Waals surface area contributed by atoms with Gasteiger partial charge in [0.2, 0.25) is 0 Å². The Labute approximate surface area is 276 Å². The average Bonchev–Trinajstić information content (AvgIpc) is 3.46. The van der Waals surface area contributed by atoms with Gasteiger partial charge in [0.15, 0.2) is 0 Å². The van der Waals surface area contributed by atoms with Crippen LogP contribution in [0.15, 0.2) is 84.2 Å². The number of ether oxygens (including phenoxy) is 1. The third-order valence-corrected chi connectivity index (χ3v) is 10.2.